The lowest BCUT2D eigenvalue weighted by Crippen LogP contribution is -2.48. The average molecular weight is 368 g/mol. The summed E-state index contributed by atoms with van der Waals surface area (Å²) < 4.78 is 0. The fraction of sp³-hybridized carbons (Fsp3) is 0.333. The van der Waals surface area contributed by atoms with Gasteiger partial charge in [0.1, 0.15) is 5.01 Å². The van der Waals surface area contributed by atoms with Crippen LogP contribution in [0.3, 0.4) is 0 Å². The molecule has 4 rings (SSSR count). The van der Waals surface area contributed by atoms with Gasteiger partial charge in [0.25, 0.3) is 0 Å². The van der Waals surface area contributed by atoms with Crippen molar-refractivity contribution in [3.8, 4) is 0 Å². The van der Waals surface area contributed by atoms with Crippen molar-refractivity contribution in [1.82, 2.24) is 20.5 Å². The van der Waals surface area contributed by atoms with Crippen LogP contribution in [0.2, 0.25) is 0 Å². The highest BCUT2D eigenvalue weighted by atomic mass is 32.1. The molecule has 0 spiro atoms. The highest BCUT2D eigenvalue weighted by Gasteiger charge is 2.38. The van der Waals surface area contributed by atoms with Gasteiger partial charge >= 0.3 is 6.03 Å². The molecule has 0 unspecified atom stereocenters. The molecular weight excluding hydrogens is 348 g/mol. The summed E-state index contributed by atoms with van der Waals surface area (Å²) in [5.41, 5.74) is 6.89. The van der Waals surface area contributed by atoms with Crippen molar-refractivity contribution in [2.24, 2.45) is 0 Å². The Morgan fingerprint density at radius 2 is 2.00 bits per heavy atom. The quantitative estimate of drug-likeness (QED) is 0.654. The SMILES string of the molecule is Nc1nnc(C2(NC(=O)Nc3ccc4ncccc4c3)CCCCC2)s1. The summed E-state index contributed by atoms with van der Waals surface area (Å²) in [4.78, 5) is 17.0. The minimum atomic E-state index is -0.490. The predicted octanol–water partition coefficient (Wildman–Crippen LogP) is 3.65. The highest BCUT2D eigenvalue weighted by Crippen LogP contribution is 2.39. The van der Waals surface area contributed by atoms with Crippen molar-refractivity contribution in [2.45, 2.75) is 37.6 Å². The maximum absolute atomic E-state index is 12.7. The van der Waals surface area contributed by atoms with Gasteiger partial charge in [0.15, 0.2) is 0 Å². The van der Waals surface area contributed by atoms with Gasteiger partial charge in [0.2, 0.25) is 5.13 Å². The average Bonchev–Trinajstić information content (AvgIpc) is 3.09. The first-order chi connectivity index (χ1) is 12.6. The topological polar surface area (TPSA) is 106 Å². The van der Waals surface area contributed by atoms with E-state index in [1.807, 2.05) is 30.3 Å². The number of nitrogens with one attached hydrogen (secondary N) is 2. The summed E-state index contributed by atoms with van der Waals surface area (Å²) in [6, 6.07) is 9.27. The Morgan fingerprint density at radius 3 is 2.77 bits per heavy atom. The third-order valence-electron chi connectivity index (χ3n) is 4.77. The van der Waals surface area contributed by atoms with Crippen LogP contribution in [0.1, 0.15) is 37.1 Å². The van der Waals surface area contributed by atoms with E-state index < -0.39 is 5.54 Å². The van der Waals surface area contributed by atoms with Crippen molar-refractivity contribution in [1.29, 1.82) is 0 Å². The summed E-state index contributed by atoms with van der Waals surface area (Å²) >= 11 is 1.35. The monoisotopic (exact) mass is 368 g/mol. The highest BCUT2D eigenvalue weighted by molar-refractivity contribution is 7.15. The van der Waals surface area contributed by atoms with E-state index in [2.05, 4.69) is 25.8 Å². The molecule has 0 aliphatic heterocycles. The van der Waals surface area contributed by atoms with E-state index in [-0.39, 0.29) is 6.03 Å². The second kappa shape index (κ2) is 6.87. The minimum Gasteiger partial charge on any atom is -0.374 e. The van der Waals surface area contributed by atoms with E-state index in [0.717, 1.165) is 53.7 Å². The molecule has 2 amide bonds. The van der Waals surface area contributed by atoms with Crippen LogP contribution in [-0.4, -0.2) is 21.2 Å². The molecule has 8 heteroatoms. The first-order valence-corrected chi connectivity index (χ1v) is 9.50. The number of amides is 2. The fourth-order valence-corrected chi connectivity index (χ4v) is 4.32. The van der Waals surface area contributed by atoms with Crippen LogP contribution < -0.4 is 16.4 Å². The Morgan fingerprint density at radius 1 is 1.15 bits per heavy atom. The molecule has 1 saturated carbocycles. The number of hydrogen-bond donors (Lipinski definition) is 3. The van der Waals surface area contributed by atoms with Gasteiger partial charge in [0.05, 0.1) is 11.1 Å². The first-order valence-electron chi connectivity index (χ1n) is 8.68. The molecule has 7 nitrogen and oxygen atoms in total. The number of benzene rings is 1. The second-order valence-electron chi connectivity index (χ2n) is 6.58. The number of hydrogen-bond acceptors (Lipinski definition) is 6. The Hall–Kier alpha value is -2.74. The smallest absolute Gasteiger partial charge is 0.320 e. The number of carbonyl (C=O) groups is 1. The lowest BCUT2D eigenvalue weighted by molar-refractivity contribution is 0.212. The van der Waals surface area contributed by atoms with E-state index >= 15 is 0 Å². The van der Waals surface area contributed by atoms with E-state index in [9.17, 15) is 4.79 Å². The Labute approximate surface area is 155 Å². The van der Waals surface area contributed by atoms with Crippen LogP contribution in [0.15, 0.2) is 36.5 Å². The molecule has 2 aromatic heterocycles. The molecule has 1 fully saturated rings. The normalized spacial score (nSPS) is 16.3. The van der Waals surface area contributed by atoms with Crippen LogP contribution in [0.5, 0.6) is 0 Å². The molecule has 1 aliphatic carbocycles. The number of nitrogens with zero attached hydrogens (tertiary/aromatic N) is 3. The van der Waals surface area contributed by atoms with Gasteiger partial charge in [-0.05, 0) is 37.1 Å². The van der Waals surface area contributed by atoms with Crippen molar-refractivity contribution in [2.75, 3.05) is 11.1 Å². The van der Waals surface area contributed by atoms with Crippen LogP contribution >= 0.6 is 11.3 Å². The van der Waals surface area contributed by atoms with Crippen LogP contribution in [0.25, 0.3) is 10.9 Å². The van der Waals surface area contributed by atoms with E-state index in [0.29, 0.717) is 5.13 Å². The van der Waals surface area contributed by atoms with Gasteiger partial charge in [-0.15, -0.1) is 10.2 Å². The van der Waals surface area contributed by atoms with Crippen molar-refractivity contribution in [3.63, 3.8) is 0 Å². The van der Waals surface area contributed by atoms with Crippen LogP contribution in [0.4, 0.5) is 15.6 Å². The van der Waals surface area contributed by atoms with Crippen molar-refractivity contribution < 1.29 is 4.79 Å². The zero-order valence-electron chi connectivity index (χ0n) is 14.2. The maximum atomic E-state index is 12.7. The van der Waals surface area contributed by atoms with E-state index in [1.165, 1.54) is 11.3 Å². The standard InChI is InChI=1S/C18H20N6OS/c19-16-24-23-15(26-16)18(8-2-1-3-9-18)22-17(25)21-13-6-7-14-12(11-13)5-4-10-20-14/h4-7,10-11H,1-3,8-9H2,(H2,19,24)(H2,21,22,25). The van der Waals surface area contributed by atoms with Crippen LogP contribution in [-0.2, 0) is 5.54 Å². The molecule has 3 aromatic rings. The number of aromatic nitrogens is 3. The van der Waals surface area contributed by atoms with Gasteiger partial charge in [-0.3, -0.25) is 4.98 Å². The van der Waals surface area contributed by atoms with E-state index in [4.69, 9.17) is 5.73 Å². The Balaban J connectivity index is 1.54. The van der Waals surface area contributed by atoms with Gasteiger partial charge < -0.3 is 16.4 Å². The summed E-state index contributed by atoms with van der Waals surface area (Å²) in [5, 5.41) is 16.4. The summed E-state index contributed by atoms with van der Waals surface area (Å²) in [7, 11) is 0. The summed E-state index contributed by atoms with van der Waals surface area (Å²) in [6.07, 6.45) is 6.69. The lowest BCUT2D eigenvalue weighted by Gasteiger charge is -2.35. The molecule has 4 N–H and O–H groups in total. The molecule has 2 heterocycles. The predicted molar refractivity (Wildman–Crippen MR) is 103 cm³/mol. The Kier molecular flexibility index (Phi) is 4.42. The molecule has 0 saturated heterocycles. The minimum absolute atomic E-state index is 0.246. The third kappa shape index (κ3) is 3.32. The van der Waals surface area contributed by atoms with Crippen LogP contribution in [0, 0.1) is 0 Å². The summed E-state index contributed by atoms with van der Waals surface area (Å²) in [5.74, 6) is 0. The number of nitrogen functional groups attached to an aromatic ring is 1. The van der Waals surface area contributed by atoms with Gasteiger partial charge in [-0.25, -0.2) is 4.79 Å². The van der Waals surface area contributed by atoms with Crippen molar-refractivity contribution in [3.05, 3.63) is 41.5 Å². The molecule has 1 aromatic carbocycles. The molecular formula is C18H20N6OS. The number of anilines is 2. The Bertz CT molecular complexity index is 934. The van der Waals surface area contributed by atoms with Crippen molar-refractivity contribution >= 4 is 39.1 Å². The number of urea groups is 1. The molecule has 134 valence electrons. The van der Waals surface area contributed by atoms with Gasteiger partial charge in [-0.2, -0.15) is 0 Å². The molecule has 0 bridgehead atoms. The number of nitrogens with two attached hydrogens (primary N) is 1. The molecule has 1 aliphatic rings. The molecule has 26 heavy (non-hydrogen) atoms. The molecule has 0 radical (unpaired) electrons. The maximum Gasteiger partial charge on any atom is 0.320 e. The fourth-order valence-electron chi connectivity index (χ4n) is 3.51. The van der Waals surface area contributed by atoms with Gasteiger partial charge in [0, 0.05) is 17.3 Å². The largest absolute Gasteiger partial charge is 0.374 e. The molecule has 0 atom stereocenters. The zero-order chi connectivity index (χ0) is 18.0. The van der Waals surface area contributed by atoms with E-state index in [1.54, 1.807) is 6.20 Å². The zero-order valence-corrected chi connectivity index (χ0v) is 15.1. The summed E-state index contributed by atoms with van der Waals surface area (Å²) in [6.45, 7) is 0. The second-order valence-corrected chi connectivity index (χ2v) is 7.59. The first kappa shape index (κ1) is 16.7. The number of rotatable bonds is 3. The number of fused-ring (bicyclic) bond motifs is 1. The number of pyridine rings is 1. The lowest BCUT2D eigenvalue weighted by atomic mass is 9.82. The number of carbonyl (C=O) groups excluding carboxylic acids is 1. The third-order valence-corrected chi connectivity index (χ3v) is 5.73. The van der Waals surface area contributed by atoms with Gasteiger partial charge in [-0.1, -0.05) is 36.7 Å².